The lowest BCUT2D eigenvalue weighted by molar-refractivity contribution is -0.122. The summed E-state index contributed by atoms with van der Waals surface area (Å²) >= 11 is 0. The van der Waals surface area contributed by atoms with Crippen molar-refractivity contribution in [3.63, 3.8) is 0 Å². The summed E-state index contributed by atoms with van der Waals surface area (Å²) in [7, 11) is 0. The first-order valence-electron chi connectivity index (χ1n) is 7.02. The number of carbonyl (C=O) groups is 2. The third-order valence-corrected chi connectivity index (χ3v) is 3.58. The van der Waals surface area contributed by atoms with Crippen molar-refractivity contribution in [1.82, 2.24) is 20.3 Å². The van der Waals surface area contributed by atoms with Gasteiger partial charge in [-0.2, -0.15) is 0 Å². The molecule has 1 aromatic rings. The Bertz CT molecular complexity index is 504. The second-order valence-corrected chi connectivity index (χ2v) is 5.14. The topological polar surface area (TPSA) is 97.1 Å². The van der Waals surface area contributed by atoms with E-state index in [-0.39, 0.29) is 30.1 Å². The Labute approximate surface area is 117 Å². The number of carbonyl (C=O) groups excluding carboxylic acids is 1. The number of hydrogen-bond donors (Lipinski definition) is 2. The van der Waals surface area contributed by atoms with Crippen LogP contribution in [-0.2, 0) is 11.3 Å². The van der Waals surface area contributed by atoms with E-state index >= 15 is 0 Å². The van der Waals surface area contributed by atoms with E-state index in [1.165, 1.54) is 4.68 Å². The van der Waals surface area contributed by atoms with E-state index in [1.54, 1.807) is 0 Å². The summed E-state index contributed by atoms with van der Waals surface area (Å²) in [5, 5.41) is 19.5. The molecule has 0 spiro atoms. The van der Waals surface area contributed by atoms with Crippen LogP contribution in [-0.4, -0.2) is 38.0 Å². The van der Waals surface area contributed by atoms with Gasteiger partial charge in [-0.15, -0.1) is 5.10 Å². The predicted molar refractivity (Wildman–Crippen MR) is 71.5 cm³/mol. The number of carboxylic acids is 1. The summed E-state index contributed by atoms with van der Waals surface area (Å²) in [5.41, 5.74) is 0.556. The van der Waals surface area contributed by atoms with Gasteiger partial charge >= 0.3 is 5.97 Å². The van der Waals surface area contributed by atoms with Crippen LogP contribution in [0, 0.1) is 0 Å². The molecule has 0 unspecified atom stereocenters. The normalized spacial score (nSPS) is 14.6. The second-order valence-electron chi connectivity index (χ2n) is 5.14. The molecule has 0 aliphatic heterocycles. The number of nitrogens with one attached hydrogen (secondary N) is 1. The van der Waals surface area contributed by atoms with Gasteiger partial charge in [-0.05, 0) is 25.7 Å². The maximum absolute atomic E-state index is 12.0. The van der Waals surface area contributed by atoms with Crippen LogP contribution >= 0.6 is 0 Å². The Kier molecular flexibility index (Phi) is 4.36. The van der Waals surface area contributed by atoms with Crippen LogP contribution in [0.2, 0.25) is 0 Å². The SMILES string of the molecule is CCC(CC)NC(=O)Cn1nnc(C(=O)O)c1C1CC1. The fourth-order valence-electron chi connectivity index (χ4n) is 2.25. The van der Waals surface area contributed by atoms with Crippen molar-refractivity contribution in [2.75, 3.05) is 0 Å². The Morgan fingerprint density at radius 3 is 2.55 bits per heavy atom. The molecule has 1 aromatic heterocycles. The highest BCUT2D eigenvalue weighted by Gasteiger charge is 2.34. The van der Waals surface area contributed by atoms with Gasteiger partial charge in [-0.3, -0.25) is 4.79 Å². The number of aromatic carboxylic acids is 1. The molecule has 1 aliphatic carbocycles. The standard InChI is InChI=1S/C13H20N4O3/c1-3-9(4-2)14-10(18)7-17-12(8-5-6-8)11(13(19)20)15-16-17/h8-9H,3-7H2,1-2H3,(H,14,18)(H,19,20). The van der Waals surface area contributed by atoms with E-state index in [2.05, 4.69) is 15.6 Å². The Hall–Kier alpha value is -1.92. The third-order valence-electron chi connectivity index (χ3n) is 3.58. The molecule has 20 heavy (non-hydrogen) atoms. The van der Waals surface area contributed by atoms with E-state index in [4.69, 9.17) is 5.11 Å². The minimum Gasteiger partial charge on any atom is -0.476 e. The highest BCUT2D eigenvalue weighted by atomic mass is 16.4. The van der Waals surface area contributed by atoms with E-state index in [1.807, 2.05) is 13.8 Å². The van der Waals surface area contributed by atoms with Gasteiger partial charge in [-0.1, -0.05) is 19.1 Å². The van der Waals surface area contributed by atoms with Crippen LogP contribution in [0.5, 0.6) is 0 Å². The van der Waals surface area contributed by atoms with Crippen molar-refractivity contribution < 1.29 is 14.7 Å². The van der Waals surface area contributed by atoms with Crippen molar-refractivity contribution in [3.8, 4) is 0 Å². The first kappa shape index (κ1) is 14.5. The fraction of sp³-hybridized carbons (Fsp3) is 0.692. The zero-order chi connectivity index (χ0) is 14.7. The summed E-state index contributed by atoms with van der Waals surface area (Å²) < 4.78 is 1.43. The molecule has 1 fully saturated rings. The first-order valence-corrected chi connectivity index (χ1v) is 7.02. The van der Waals surface area contributed by atoms with Crippen molar-refractivity contribution in [2.45, 2.75) is 58.0 Å². The largest absolute Gasteiger partial charge is 0.476 e. The summed E-state index contributed by atoms with van der Waals surface area (Å²) in [6.45, 7) is 4.06. The second kappa shape index (κ2) is 6.02. The zero-order valence-corrected chi connectivity index (χ0v) is 11.8. The fourth-order valence-corrected chi connectivity index (χ4v) is 2.25. The van der Waals surface area contributed by atoms with Crippen molar-refractivity contribution in [3.05, 3.63) is 11.4 Å². The molecule has 0 radical (unpaired) electrons. The van der Waals surface area contributed by atoms with E-state index < -0.39 is 5.97 Å². The van der Waals surface area contributed by atoms with Gasteiger partial charge in [0.05, 0.1) is 5.69 Å². The van der Waals surface area contributed by atoms with Gasteiger partial charge < -0.3 is 10.4 Å². The molecule has 7 heteroatoms. The summed E-state index contributed by atoms with van der Waals surface area (Å²) in [4.78, 5) is 23.1. The van der Waals surface area contributed by atoms with Crippen LogP contribution in [0.1, 0.15) is 61.6 Å². The predicted octanol–water partition coefficient (Wildman–Crippen LogP) is 1.16. The highest BCUT2D eigenvalue weighted by Crippen LogP contribution is 2.41. The number of hydrogen-bond acceptors (Lipinski definition) is 4. The molecule has 1 saturated carbocycles. The van der Waals surface area contributed by atoms with Crippen LogP contribution in [0.15, 0.2) is 0 Å². The van der Waals surface area contributed by atoms with Gasteiger partial charge in [0.1, 0.15) is 6.54 Å². The molecule has 0 aromatic carbocycles. The van der Waals surface area contributed by atoms with Gasteiger partial charge in [0.15, 0.2) is 5.69 Å². The van der Waals surface area contributed by atoms with Gasteiger partial charge in [-0.25, -0.2) is 9.48 Å². The van der Waals surface area contributed by atoms with Crippen molar-refractivity contribution >= 4 is 11.9 Å². The molecule has 2 N–H and O–H groups in total. The summed E-state index contributed by atoms with van der Waals surface area (Å²) in [6.07, 6.45) is 3.61. The molecule has 7 nitrogen and oxygen atoms in total. The molecule has 2 rings (SSSR count). The van der Waals surface area contributed by atoms with Crippen LogP contribution < -0.4 is 5.32 Å². The molecule has 1 aliphatic rings. The molecule has 1 amide bonds. The van der Waals surface area contributed by atoms with Crippen LogP contribution in [0.3, 0.4) is 0 Å². The summed E-state index contributed by atoms with van der Waals surface area (Å²) in [6, 6.07) is 0.148. The van der Waals surface area contributed by atoms with E-state index in [0.717, 1.165) is 25.7 Å². The molecule has 0 saturated heterocycles. The van der Waals surface area contributed by atoms with E-state index in [9.17, 15) is 9.59 Å². The van der Waals surface area contributed by atoms with Crippen molar-refractivity contribution in [1.29, 1.82) is 0 Å². The van der Waals surface area contributed by atoms with Crippen LogP contribution in [0.4, 0.5) is 0 Å². The molecule has 110 valence electrons. The monoisotopic (exact) mass is 280 g/mol. The molecule has 0 bridgehead atoms. The molecular formula is C13H20N4O3. The maximum Gasteiger partial charge on any atom is 0.358 e. The lowest BCUT2D eigenvalue weighted by Crippen LogP contribution is -2.36. The molecular weight excluding hydrogens is 260 g/mol. The number of nitrogens with zero attached hydrogens (tertiary/aromatic N) is 3. The highest BCUT2D eigenvalue weighted by molar-refractivity contribution is 5.87. The number of amides is 1. The average molecular weight is 280 g/mol. The molecule has 1 heterocycles. The van der Waals surface area contributed by atoms with Crippen molar-refractivity contribution in [2.24, 2.45) is 0 Å². The van der Waals surface area contributed by atoms with Gasteiger partial charge in [0, 0.05) is 12.0 Å². The maximum atomic E-state index is 12.0. The minimum absolute atomic E-state index is 0.0252. The summed E-state index contributed by atoms with van der Waals surface area (Å²) in [5.74, 6) is -1.06. The lowest BCUT2D eigenvalue weighted by atomic mass is 10.2. The minimum atomic E-state index is -1.08. The number of carboxylic acid groups (broad SMARTS) is 1. The molecule has 0 atom stereocenters. The van der Waals surface area contributed by atoms with Gasteiger partial charge in [0.25, 0.3) is 0 Å². The zero-order valence-electron chi connectivity index (χ0n) is 11.8. The van der Waals surface area contributed by atoms with Gasteiger partial charge in [0.2, 0.25) is 5.91 Å². The third kappa shape index (κ3) is 3.15. The average Bonchev–Trinajstić information content (AvgIpc) is 3.17. The van der Waals surface area contributed by atoms with E-state index in [0.29, 0.717) is 5.69 Å². The Morgan fingerprint density at radius 2 is 2.05 bits per heavy atom. The Morgan fingerprint density at radius 1 is 1.40 bits per heavy atom. The first-order chi connectivity index (χ1) is 9.56. The number of rotatable bonds is 7. The lowest BCUT2D eigenvalue weighted by Gasteiger charge is -2.15. The Balaban J connectivity index is 2.09. The number of aromatic nitrogens is 3. The quantitative estimate of drug-likeness (QED) is 0.781. The smallest absolute Gasteiger partial charge is 0.358 e. The van der Waals surface area contributed by atoms with Crippen LogP contribution in [0.25, 0.3) is 0 Å².